The van der Waals surface area contributed by atoms with Gasteiger partial charge in [-0.1, -0.05) is 24.3 Å². The van der Waals surface area contributed by atoms with Gasteiger partial charge < -0.3 is 10.1 Å². The van der Waals surface area contributed by atoms with Gasteiger partial charge in [-0.2, -0.15) is 0 Å². The average Bonchev–Trinajstić information content (AvgIpc) is 3.03. The van der Waals surface area contributed by atoms with Gasteiger partial charge in [0.15, 0.2) is 11.6 Å². The summed E-state index contributed by atoms with van der Waals surface area (Å²) in [5.74, 6) is -0.342. The summed E-state index contributed by atoms with van der Waals surface area (Å²) in [7, 11) is 0. The minimum absolute atomic E-state index is 0.0966. The molecular weight excluding hydrogens is 339 g/mol. The smallest absolute Gasteiger partial charge is 0.223 e. The third-order valence-corrected chi connectivity index (χ3v) is 4.75. The van der Waals surface area contributed by atoms with E-state index in [4.69, 9.17) is 4.74 Å². The summed E-state index contributed by atoms with van der Waals surface area (Å²) in [6.07, 6.45) is 1.88. The number of carbonyl (C=O) groups excluding carboxylic acids is 1. The van der Waals surface area contributed by atoms with Gasteiger partial charge in [-0.05, 0) is 30.7 Å². The first-order valence-electron chi connectivity index (χ1n) is 8.21. The van der Waals surface area contributed by atoms with Crippen LogP contribution in [-0.4, -0.2) is 24.0 Å². The van der Waals surface area contributed by atoms with Crippen LogP contribution in [0.5, 0.6) is 5.75 Å². The van der Waals surface area contributed by atoms with E-state index in [0.717, 1.165) is 23.4 Å². The number of ether oxygens (including phenoxy) is 1. The van der Waals surface area contributed by atoms with Crippen molar-refractivity contribution in [3.8, 4) is 5.75 Å². The fourth-order valence-corrected chi connectivity index (χ4v) is 3.41. The second-order valence-electron chi connectivity index (χ2n) is 5.56. The molecule has 0 atom stereocenters. The first-order chi connectivity index (χ1) is 12.2. The van der Waals surface area contributed by atoms with Crippen LogP contribution >= 0.6 is 11.3 Å². The number of benzene rings is 2. The summed E-state index contributed by atoms with van der Waals surface area (Å²) in [4.78, 5) is 16.3. The number of carbonyl (C=O) groups is 1. The van der Waals surface area contributed by atoms with Crippen LogP contribution in [-0.2, 0) is 11.2 Å². The molecule has 0 fully saturated rings. The van der Waals surface area contributed by atoms with Gasteiger partial charge in [0.2, 0.25) is 5.91 Å². The van der Waals surface area contributed by atoms with Crippen molar-refractivity contribution in [3.63, 3.8) is 0 Å². The van der Waals surface area contributed by atoms with Gasteiger partial charge in [-0.15, -0.1) is 11.3 Å². The Hall–Kier alpha value is -2.47. The zero-order chi connectivity index (χ0) is 17.5. The van der Waals surface area contributed by atoms with E-state index in [1.54, 1.807) is 29.5 Å². The highest BCUT2D eigenvalue weighted by Crippen LogP contribution is 2.22. The fourth-order valence-electron chi connectivity index (χ4n) is 2.40. The summed E-state index contributed by atoms with van der Waals surface area (Å²) < 4.78 is 19.8. The van der Waals surface area contributed by atoms with Crippen LogP contribution in [0.4, 0.5) is 4.39 Å². The summed E-state index contributed by atoms with van der Waals surface area (Å²) in [5.41, 5.74) is 1.02. The van der Waals surface area contributed by atoms with Crippen molar-refractivity contribution in [2.75, 3.05) is 13.2 Å². The topological polar surface area (TPSA) is 51.2 Å². The van der Waals surface area contributed by atoms with Crippen molar-refractivity contribution in [1.82, 2.24) is 10.3 Å². The summed E-state index contributed by atoms with van der Waals surface area (Å²) >= 11 is 1.69. The molecule has 130 valence electrons. The number of aromatic nitrogens is 1. The van der Waals surface area contributed by atoms with Crippen LogP contribution < -0.4 is 10.1 Å². The normalized spacial score (nSPS) is 10.8. The maximum atomic E-state index is 13.4. The van der Waals surface area contributed by atoms with Gasteiger partial charge in [-0.3, -0.25) is 4.79 Å². The standard InChI is InChI=1S/C19H19FN2O2S/c20-14-6-1-3-8-16(14)24-13-11-18(23)21-12-5-10-19-22-15-7-2-4-9-17(15)25-19/h1-4,6-9H,5,10-13H2,(H,21,23). The van der Waals surface area contributed by atoms with E-state index >= 15 is 0 Å². The Morgan fingerprint density at radius 2 is 1.96 bits per heavy atom. The first-order valence-corrected chi connectivity index (χ1v) is 9.02. The Labute approximate surface area is 149 Å². The Bertz CT molecular complexity index is 817. The predicted molar refractivity (Wildman–Crippen MR) is 97.5 cm³/mol. The largest absolute Gasteiger partial charge is 0.490 e. The zero-order valence-corrected chi connectivity index (χ0v) is 14.5. The van der Waals surface area contributed by atoms with E-state index in [1.165, 1.54) is 10.8 Å². The molecule has 1 aromatic heterocycles. The molecular formula is C19H19FN2O2S. The van der Waals surface area contributed by atoms with Gasteiger partial charge >= 0.3 is 0 Å². The second-order valence-corrected chi connectivity index (χ2v) is 6.67. The molecule has 0 aliphatic carbocycles. The maximum Gasteiger partial charge on any atom is 0.223 e. The number of amides is 1. The van der Waals surface area contributed by atoms with Crippen molar-refractivity contribution in [2.24, 2.45) is 0 Å². The van der Waals surface area contributed by atoms with Crippen molar-refractivity contribution < 1.29 is 13.9 Å². The van der Waals surface area contributed by atoms with E-state index in [0.29, 0.717) is 6.54 Å². The Morgan fingerprint density at radius 1 is 1.16 bits per heavy atom. The molecule has 4 nitrogen and oxygen atoms in total. The molecule has 1 amide bonds. The quantitative estimate of drug-likeness (QED) is 0.620. The van der Waals surface area contributed by atoms with E-state index in [2.05, 4.69) is 16.4 Å². The van der Waals surface area contributed by atoms with Gasteiger partial charge in [0, 0.05) is 13.0 Å². The summed E-state index contributed by atoms with van der Waals surface area (Å²) in [6.45, 7) is 0.749. The summed E-state index contributed by atoms with van der Waals surface area (Å²) in [6, 6.07) is 14.2. The maximum absolute atomic E-state index is 13.4. The molecule has 3 aromatic rings. The number of aryl methyl sites for hydroxylation is 1. The molecule has 6 heteroatoms. The molecule has 0 bridgehead atoms. The number of hydrogen-bond donors (Lipinski definition) is 1. The van der Waals surface area contributed by atoms with E-state index in [-0.39, 0.29) is 24.7 Å². The number of para-hydroxylation sites is 2. The third-order valence-electron chi connectivity index (χ3n) is 3.65. The lowest BCUT2D eigenvalue weighted by Gasteiger charge is -2.07. The Morgan fingerprint density at radius 3 is 2.80 bits per heavy atom. The van der Waals surface area contributed by atoms with Crippen LogP contribution in [0.25, 0.3) is 10.2 Å². The Balaban J connectivity index is 1.33. The van der Waals surface area contributed by atoms with Gasteiger partial charge in [0.25, 0.3) is 0 Å². The molecule has 2 aromatic carbocycles. The molecule has 0 unspecified atom stereocenters. The van der Waals surface area contributed by atoms with Crippen LogP contribution in [0.15, 0.2) is 48.5 Å². The highest BCUT2D eigenvalue weighted by atomic mass is 32.1. The lowest BCUT2D eigenvalue weighted by atomic mass is 10.3. The van der Waals surface area contributed by atoms with Crippen LogP contribution in [0, 0.1) is 5.82 Å². The fraction of sp³-hybridized carbons (Fsp3) is 0.263. The number of fused-ring (bicyclic) bond motifs is 1. The molecule has 0 spiro atoms. The number of nitrogens with one attached hydrogen (secondary N) is 1. The van der Waals surface area contributed by atoms with Crippen LogP contribution in [0.2, 0.25) is 0 Å². The highest BCUT2D eigenvalue weighted by Gasteiger charge is 2.06. The third kappa shape index (κ3) is 5.00. The molecule has 3 rings (SSSR count). The summed E-state index contributed by atoms with van der Waals surface area (Å²) in [5, 5.41) is 3.93. The van der Waals surface area contributed by atoms with Crippen molar-refractivity contribution in [1.29, 1.82) is 0 Å². The number of thiazole rings is 1. The van der Waals surface area contributed by atoms with Crippen molar-refractivity contribution >= 4 is 27.5 Å². The molecule has 0 saturated carbocycles. The number of hydrogen-bond acceptors (Lipinski definition) is 4. The lowest BCUT2D eigenvalue weighted by molar-refractivity contribution is -0.121. The van der Waals surface area contributed by atoms with Gasteiger partial charge in [0.05, 0.1) is 28.3 Å². The molecule has 0 aliphatic heterocycles. The molecule has 0 radical (unpaired) electrons. The molecule has 0 aliphatic rings. The van der Waals surface area contributed by atoms with Gasteiger partial charge in [-0.25, -0.2) is 9.37 Å². The van der Waals surface area contributed by atoms with E-state index in [9.17, 15) is 9.18 Å². The lowest BCUT2D eigenvalue weighted by Crippen LogP contribution is -2.26. The van der Waals surface area contributed by atoms with Gasteiger partial charge in [0.1, 0.15) is 0 Å². The number of nitrogens with zero attached hydrogens (tertiary/aromatic N) is 1. The van der Waals surface area contributed by atoms with E-state index < -0.39 is 5.82 Å². The van der Waals surface area contributed by atoms with Crippen LogP contribution in [0.1, 0.15) is 17.8 Å². The highest BCUT2D eigenvalue weighted by molar-refractivity contribution is 7.18. The average molecular weight is 358 g/mol. The SMILES string of the molecule is O=C(CCOc1ccccc1F)NCCCc1nc2ccccc2s1. The monoisotopic (exact) mass is 358 g/mol. The molecule has 0 saturated heterocycles. The minimum Gasteiger partial charge on any atom is -0.490 e. The Kier molecular flexibility index (Phi) is 5.95. The second kappa shape index (κ2) is 8.58. The number of halogens is 1. The molecule has 1 N–H and O–H groups in total. The number of rotatable bonds is 8. The van der Waals surface area contributed by atoms with Crippen molar-refractivity contribution in [3.05, 3.63) is 59.4 Å². The van der Waals surface area contributed by atoms with Crippen molar-refractivity contribution in [2.45, 2.75) is 19.3 Å². The van der Waals surface area contributed by atoms with E-state index in [1.807, 2.05) is 18.2 Å². The van der Waals surface area contributed by atoms with Crippen LogP contribution in [0.3, 0.4) is 0 Å². The molecule has 25 heavy (non-hydrogen) atoms. The predicted octanol–water partition coefficient (Wildman–Crippen LogP) is 3.95. The molecule has 1 heterocycles. The zero-order valence-electron chi connectivity index (χ0n) is 13.7. The first kappa shape index (κ1) is 17.4. The minimum atomic E-state index is -0.418.